The lowest BCUT2D eigenvalue weighted by molar-refractivity contribution is -0.125. The molecule has 0 aromatic heterocycles. The molecule has 122 valence electrons. The van der Waals surface area contributed by atoms with E-state index in [1.807, 2.05) is 19.1 Å². The first-order valence-corrected chi connectivity index (χ1v) is 7.84. The number of hydrogen-bond donors (Lipinski definition) is 2. The van der Waals surface area contributed by atoms with E-state index in [0.717, 1.165) is 5.56 Å². The van der Waals surface area contributed by atoms with Crippen molar-refractivity contribution in [1.29, 1.82) is 0 Å². The van der Waals surface area contributed by atoms with Crippen LogP contribution in [0.2, 0.25) is 0 Å². The van der Waals surface area contributed by atoms with Crippen molar-refractivity contribution in [2.45, 2.75) is 31.8 Å². The van der Waals surface area contributed by atoms with Crippen LogP contribution in [0, 0.1) is 5.92 Å². The molecule has 3 amide bonds. The third-order valence-corrected chi connectivity index (χ3v) is 4.66. The molecule has 2 saturated heterocycles. The molecule has 0 bridgehead atoms. The Kier molecular flexibility index (Phi) is 3.93. The summed E-state index contributed by atoms with van der Waals surface area (Å²) in [6.07, 6.45) is 1.35. The molecule has 0 aliphatic carbocycles. The number of amides is 3. The van der Waals surface area contributed by atoms with Gasteiger partial charge in [0.1, 0.15) is 0 Å². The highest BCUT2D eigenvalue weighted by Gasteiger charge is 2.42. The van der Waals surface area contributed by atoms with Crippen molar-refractivity contribution in [1.82, 2.24) is 10.2 Å². The summed E-state index contributed by atoms with van der Waals surface area (Å²) >= 11 is 0. The summed E-state index contributed by atoms with van der Waals surface area (Å²) < 4.78 is 0. The highest BCUT2D eigenvalue weighted by atomic mass is 16.3. The Bertz CT molecular complexity index is 647. The number of likely N-dealkylation sites (tertiary alicyclic amines) is 1. The van der Waals surface area contributed by atoms with Crippen LogP contribution in [0.4, 0.5) is 0 Å². The Morgan fingerprint density at radius 2 is 1.96 bits per heavy atom. The summed E-state index contributed by atoms with van der Waals surface area (Å²) in [5.41, 5.74) is 0.752. The van der Waals surface area contributed by atoms with Crippen molar-refractivity contribution in [3.05, 3.63) is 35.4 Å². The maximum Gasteiger partial charge on any atom is 0.254 e. The zero-order chi connectivity index (χ0) is 16.6. The molecule has 2 heterocycles. The van der Waals surface area contributed by atoms with Gasteiger partial charge in [-0.2, -0.15) is 0 Å². The van der Waals surface area contributed by atoms with E-state index in [4.69, 9.17) is 0 Å². The van der Waals surface area contributed by atoms with E-state index < -0.39 is 5.60 Å². The zero-order valence-electron chi connectivity index (χ0n) is 13.0. The highest BCUT2D eigenvalue weighted by molar-refractivity contribution is 6.03. The molecular formula is C17H20N2O4. The number of aliphatic hydroxyl groups is 1. The third-order valence-electron chi connectivity index (χ3n) is 4.66. The number of benzene rings is 1. The van der Waals surface area contributed by atoms with Crippen molar-refractivity contribution in [3.8, 4) is 0 Å². The van der Waals surface area contributed by atoms with Gasteiger partial charge >= 0.3 is 0 Å². The minimum absolute atomic E-state index is 0.0940. The number of nitrogens with one attached hydrogen (secondary N) is 1. The van der Waals surface area contributed by atoms with Crippen molar-refractivity contribution >= 4 is 17.7 Å². The topological polar surface area (TPSA) is 86.7 Å². The summed E-state index contributed by atoms with van der Waals surface area (Å²) in [4.78, 5) is 36.7. The van der Waals surface area contributed by atoms with E-state index in [1.165, 1.54) is 0 Å². The van der Waals surface area contributed by atoms with E-state index in [1.54, 1.807) is 17.0 Å². The number of carbonyl (C=O) groups excluding carboxylic acids is 3. The van der Waals surface area contributed by atoms with E-state index in [2.05, 4.69) is 5.32 Å². The van der Waals surface area contributed by atoms with Gasteiger partial charge in [-0.15, -0.1) is 0 Å². The lowest BCUT2D eigenvalue weighted by Crippen LogP contribution is -2.63. The molecule has 23 heavy (non-hydrogen) atoms. The lowest BCUT2D eigenvalue weighted by atomic mass is 9.90. The first kappa shape index (κ1) is 15.7. The van der Waals surface area contributed by atoms with Gasteiger partial charge in [-0.1, -0.05) is 19.1 Å². The monoisotopic (exact) mass is 316 g/mol. The summed E-state index contributed by atoms with van der Waals surface area (Å²) in [5.74, 6) is -0.870. The Hall–Kier alpha value is -2.21. The largest absolute Gasteiger partial charge is 0.386 e. The molecule has 2 fully saturated rings. The minimum Gasteiger partial charge on any atom is -0.386 e. The van der Waals surface area contributed by atoms with Crippen LogP contribution in [0.3, 0.4) is 0 Å². The van der Waals surface area contributed by atoms with Crippen LogP contribution in [0.5, 0.6) is 0 Å². The zero-order valence-corrected chi connectivity index (χ0v) is 13.0. The maximum absolute atomic E-state index is 12.3. The van der Waals surface area contributed by atoms with Gasteiger partial charge in [0.05, 0.1) is 24.6 Å². The predicted octanol–water partition coefficient (Wildman–Crippen LogP) is 0.489. The molecule has 2 N–H and O–H groups in total. The smallest absolute Gasteiger partial charge is 0.254 e. The van der Waals surface area contributed by atoms with E-state index in [0.29, 0.717) is 31.5 Å². The Balaban J connectivity index is 1.60. The summed E-state index contributed by atoms with van der Waals surface area (Å²) in [7, 11) is 0. The molecule has 2 aliphatic rings. The molecule has 3 rings (SSSR count). The highest BCUT2D eigenvalue weighted by Crippen LogP contribution is 2.26. The molecule has 0 radical (unpaired) electrons. The molecule has 1 aromatic rings. The van der Waals surface area contributed by atoms with E-state index >= 15 is 0 Å². The summed E-state index contributed by atoms with van der Waals surface area (Å²) in [6.45, 7) is 2.64. The molecule has 0 saturated carbocycles. The number of carbonyl (C=O) groups is 3. The van der Waals surface area contributed by atoms with Crippen molar-refractivity contribution in [2.75, 3.05) is 13.1 Å². The third kappa shape index (κ3) is 3.12. The Morgan fingerprint density at radius 1 is 1.30 bits per heavy atom. The predicted molar refractivity (Wildman–Crippen MR) is 82.5 cm³/mol. The molecule has 1 aromatic carbocycles. The van der Waals surface area contributed by atoms with Crippen molar-refractivity contribution in [3.63, 3.8) is 0 Å². The Morgan fingerprint density at radius 3 is 2.48 bits per heavy atom. The van der Waals surface area contributed by atoms with E-state index in [9.17, 15) is 19.5 Å². The fraction of sp³-hybridized carbons (Fsp3) is 0.471. The average Bonchev–Trinajstić information content (AvgIpc) is 2.82. The molecule has 6 nitrogen and oxygen atoms in total. The number of β-amino-alcohol motifs (C(OH)–C–C–N with tert-alkyl or cyclic N) is 1. The first-order chi connectivity index (χ1) is 10.9. The lowest BCUT2D eigenvalue weighted by Gasteiger charge is -2.46. The maximum atomic E-state index is 12.3. The van der Waals surface area contributed by atoms with Gasteiger partial charge in [-0.05, 0) is 30.5 Å². The molecule has 0 spiro atoms. The summed E-state index contributed by atoms with van der Waals surface area (Å²) in [5, 5.41) is 12.3. The van der Waals surface area contributed by atoms with Gasteiger partial charge in [0.15, 0.2) is 0 Å². The minimum atomic E-state index is -0.738. The van der Waals surface area contributed by atoms with Gasteiger partial charge in [0, 0.05) is 12.0 Å². The molecule has 1 unspecified atom stereocenters. The summed E-state index contributed by atoms with van der Waals surface area (Å²) in [6, 6.07) is 7.09. The number of rotatable bonds is 4. The number of hydrogen-bond acceptors (Lipinski definition) is 4. The van der Waals surface area contributed by atoms with Crippen LogP contribution >= 0.6 is 0 Å². The molecule has 6 heteroatoms. The quantitative estimate of drug-likeness (QED) is 0.792. The number of nitrogens with zero attached hydrogens (tertiary/aromatic N) is 1. The SMILES string of the molecule is CCC1(O)CN(C(=O)c2ccc(CC3CC(=O)NC3=O)cc2)C1. The normalized spacial score (nSPS) is 22.7. The molecule has 1 atom stereocenters. The van der Waals surface area contributed by atoms with E-state index in [-0.39, 0.29) is 30.1 Å². The first-order valence-electron chi connectivity index (χ1n) is 7.84. The second-order valence-corrected chi connectivity index (χ2v) is 6.45. The van der Waals surface area contributed by atoms with Crippen molar-refractivity contribution in [2.24, 2.45) is 5.92 Å². The van der Waals surface area contributed by atoms with Gasteiger partial charge in [-0.25, -0.2) is 0 Å². The fourth-order valence-corrected chi connectivity index (χ4v) is 3.05. The second kappa shape index (κ2) is 5.77. The van der Waals surface area contributed by atoms with Gasteiger partial charge in [-0.3, -0.25) is 19.7 Å². The standard InChI is InChI=1S/C17H20N2O4/c1-2-17(23)9-19(10-17)16(22)12-5-3-11(4-6-12)7-13-8-14(20)18-15(13)21/h3-6,13,23H,2,7-10H2,1H3,(H,18,20,21). The molecular weight excluding hydrogens is 296 g/mol. The fourth-order valence-electron chi connectivity index (χ4n) is 3.05. The van der Waals surface area contributed by atoms with Crippen LogP contribution in [-0.4, -0.2) is 46.4 Å². The van der Waals surface area contributed by atoms with Gasteiger partial charge in [0.2, 0.25) is 11.8 Å². The van der Waals surface area contributed by atoms with Gasteiger partial charge in [0.25, 0.3) is 5.91 Å². The van der Waals surface area contributed by atoms with Crippen LogP contribution in [0.25, 0.3) is 0 Å². The second-order valence-electron chi connectivity index (χ2n) is 6.45. The van der Waals surface area contributed by atoms with Gasteiger partial charge < -0.3 is 10.0 Å². The van der Waals surface area contributed by atoms with Crippen LogP contribution < -0.4 is 5.32 Å². The average molecular weight is 316 g/mol. The Labute approximate surface area is 134 Å². The van der Waals surface area contributed by atoms with Crippen molar-refractivity contribution < 1.29 is 19.5 Å². The number of imide groups is 1. The van der Waals surface area contributed by atoms with Crippen LogP contribution in [-0.2, 0) is 16.0 Å². The van der Waals surface area contributed by atoms with Crippen LogP contribution in [0.15, 0.2) is 24.3 Å². The molecule has 2 aliphatic heterocycles. The van der Waals surface area contributed by atoms with Crippen LogP contribution in [0.1, 0.15) is 35.7 Å².